The van der Waals surface area contributed by atoms with Crippen LogP contribution < -0.4 is 4.74 Å². The molecule has 0 aliphatic heterocycles. The molecule has 0 aliphatic carbocycles. The molecular formula is C12H11O. The van der Waals surface area contributed by atoms with Crippen molar-refractivity contribution in [2.75, 3.05) is 6.61 Å². The summed E-state index contributed by atoms with van der Waals surface area (Å²) in [5.74, 6) is 0.910. The van der Waals surface area contributed by atoms with Gasteiger partial charge in [0.15, 0.2) is 0 Å². The van der Waals surface area contributed by atoms with Crippen LogP contribution in [0.2, 0.25) is 0 Å². The lowest BCUT2D eigenvalue weighted by atomic mass is 10.1. The lowest BCUT2D eigenvalue weighted by molar-refractivity contribution is 0.365. The van der Waals surface area contributed by atoms with Crippen molar-refractivity contribution in [2.45, 2.75) is 0 Å². The molecule has 0 atom stereocenters. The predicted octanol–water partition coefficient (Wildman–Crippen LogP) is 3.05. The Hall–Kier alpha value is -1.50. The van der Waals surface area contributed by atoms with Gasteiger partial charge in [-0.2, -0.15) is 0 Å². The van der Waals surface area contributed by atoms with Gasteiger partial charge in [-0.3, -0.25) is 0 Å². The van der Waals surface area contributed by atoms with Crippen molar-refractivity contribution >= 4 is 10.8 Å². The Bertz CT molecular complexity index is 401. The molecule has 2 rings (SSSR count). The van der Waals surface area contributed by atoms with Crippen molar-refractivity contribution in [3.05, 3.63) is 49.4 Å². The van der Waals surface area contributed by atoms with Crippen molar-refractivity contribution in [3.8, 4) is 5.75 Å². The number of fused-ring (bicyclic) bond motifs is 1. The second kappa shape index (κ2) is 3.48. The molecule has 1 heteroatoms. The Labute approximate surface area is 78.0 Å². The molecule has 0 heterocycles. The van der Waals surface area contributed by atoms with Crippen LogP contribution in [-0.2, 0) is 0 Å². The van der Waals surface area contributed by atoms with Crippen molar-refractivity contribution in [2.24, 2.45) is 0 Å². The fourth-order valence-electron chi connectivity index (χ4n) is 1.43. The van der Waals surface area contributed by atoms with Gasteiger partial charge in [0, 0.05) is 5.39 Å². The average molecular weight is 171 g/mol. The molecule has 1 nitrogen and oxygen atoms in total. The molecule has 0 saturated heterocycles. The standard InChI is InChI=1S/C12H11O/c1-2-13-12-9-5-7-10-6-3-4-8-11(10)12/h3-9H,1-2H2. The maximum Gasteiger partial charge on any atom is 0.127 e. The first-order chi connectivity index (χ1) is 6.42. The van der Waals surface area contributed by atoms with Gasteiger partial charge in [-0.1, -0.05) is 36.4 Å². The minimum absolute atomic E-state index is 0.466. The molecule has 2 aromatic rings. The molecule has 0 amide bonds. The third-order valence-electron chi connectivity index (χ3n) is 2.01. The Morgan fingerprint density at radius 3 is 2.62 bits per heavy atom. The highest BCUT2D eigenvalue weighted by molar-refractivity contribution is 5.88. The zero-order valence-corrected chi connectivity index (χ0v) is 7.36. The first kappa shape index (κ1) is 8.11. The van der Waals surface area contributed by atoms with Gasteiger partial charge in [0.25, 0.3) is 0 Å². The van der Waals surface area contributed by atoms with E-state index in [1.807, 2.05) is 24.3 Å². The summed E-state index contributed by atoms with van der Waals surface area (Å²) in [6.07, 6.45) is 0. The van der Waals surface area contributed by atoms with E-state index in [-0.39, 0.29) is 0 Å². The van der Waals surface area contributed by atoms with E-state index in [4.69, 9.17) is 4.74 Å². The van der Waals surface area contributed by atoms with E-state index in [0.29, 0.717) is 6.61 Å². The maximum absolute atomic E-state index is 5.41. The Morgan fingerprint density at radius 1 is 1.00 bits per heavy atom. The lowest BCUT2D eigenvalue weighted by Crippen LogP contribution is -1.91. The maximum atomic E-state index is 5.41. The molecule has 0 spiro atoms. The number of rotatable bonds is 2. The third-order valence-corrected chi connectivity index (χ3v) is 2.01. The highest BCUT2D eigenvalue weighted by atomic mass is 16.5. The average Bonchev–Trinajstić information content (AvgIpc) is 2.19. The molecule has 0 aromatic heterocycles. The number of hydrogen-bond donors (Lipinski definition) is 0. The minimum Gasteiger partial charge on any atom is -0.493 e. The van der Waals surface area contributed by atoms with Crippen molar-refractivity contribution in [1.29, 1.82) is 0 Å². The molecule has 0 N–H and O–H groups in total. The summed E-state index contributed by atoms with van der Waals surface area (Å²) in [4.78, 5) is 0. The fraction of sp³-hybridized carbons (Fsp3) is 0.0833. The third kappa shape index (κ3) is 1.50. The molecule has 0 saturated carbocycles. The minimum atomic E-state index is 0.466. The van der Waals surface area contributed by atoms with Crippen LogP contribution in [0.5, 0.6) is 5.75 Å². The van der Waals surface area contributed by atoms with Crippen LogP contribution in [0, 0.1) is 6.92 Å². The molecule has 13 heavy (non-hydrogen) atoms. The van der Waals surface area contributed by atoms with Crippen LogP contribution in [0.1, 0.15) is 0 Å². The molecule has 2 aromatic carbocycles. The topological polar surface area (TPSA) is 9.23 Å². The fourth-order valence-corrected chi connectivity index (χ4v) is 1.43. The largest absolute Gasteiger partial charge is 0.493 e. The van der Waals surface area contributed by atoms with Gasteiger partial charge in [-0.05, 0) is 18.4 Å². The van der Waals surface area contributed by atoms with Gasteiger partial charge < -0.3 is 4.74 Å². The second-order valence-electron chi connectivity index (χ2n) is 2.83. The summed E-state index contributed by atoms with van der Waals surface area (Å²) in [6, 6.07) is 14.2. The SMILES string of the molecule is [CH2]COc1cccc2ccccc12. The Kier molecular flexibility index (Phi) is 2.17. The molecule has 0 aliphatic rings. The zero-order valence-electron chi connectivity index (χ0n) is 7.36. The smallest absolute Gasteiger partial charge is 0.127 e. The first-order valence-electron chi connectivity index (χ1n) is 4.31. The summed E-state index contributed by atoms with van der Waals surface area (Å²) in [5, 5.41) is 2.35. The summed E-state index contributed by atoms with van der Waals surface area (Å²) >= 11 is 0. The summed E-state index contributed by atoms with van der Waals surface area (Å²) in [5.41, 5.74) is 0. The molecule has 1 radical (unpaired) electrons. The number of benzene rings is 2. The molecule has 65 valence electrons. The van der Waals surface area contributed by atoms with Gasteiger partial charge in [0.05, 0.1) is 6.61 Å². The van der Waals surface area contributed by atoms with E-state index < -0.39 is 0 Å². The summed E-state index contributed by atoms with van der Waals surface area (Å²) in [7, 11) is 0. The van der Waals surface area contributed by atoms with E-state index >= 15 is 0 Å². The molecule has 0 fully saturated rings. The quantitative estimate of drug-likeness (QED) is 0.674. The highest BCUT2D eigenvalue weighted by Gasteiger charge is 1.98. The Balaban J connectivity index is 2.61. The molecule has 0 unspecified atom stereocenters. The van der Waals surface area contributed by atoms with Crippen molar-refractivity contribution < 1.29 is 4.74 Å². The monoisotopic (exact) mass is 171 g/mol. The van der Waals surface area contributed by atoms with Crippen LogP contribution in [0.25, 0.3) is 10.8 Å². The van der Waals surface area contributed by atoms with Gasteiger partial charge >= 0.3 is 0 Å². The first-order valence-corrected chi connectivity index (χ1v) is 4.31. The second-order valence-corrected chi connectivity index (χ2v) is 2.83. The van der Waals surface area contributed by atoms with E-state index in [9.17, 15) is 0 Å². The van der Waals surface area contributed by atoms with E-state index in [1.54, 1.807) is 0 Å². The van der Waals surface area contributed by atoms with E-state index in [0.717, 1.165) is 11.1 Å². The van der Waals surface area contributed by atoms with E-state index in [1.165, 1.54) is 5.39 Å². The van der Waals surface area contributed by atoms with E-state index in [2.05, 4.69) is 25.1 Å². The summed E-state index contributed by atoms with van der Waals surface area (Å²) < 4.78 is 5.41. The van der Waals surface area contributed by atoms with Gasteiger partial charge in [-0.25, -0.2) is 0 Å². The van der Waals surface area contributed by atoms with Crippen LogP contribution in [0.15, 0.2) is 42.5 Å². The summed E-state index contributed by atoms with van der Waals surface area (Å²) in [6.45, 7) is 4.13. The Morgan fingerprint density at radius 2 is 1.77 bits per heavy atom. The number of hydrogen-bond acceptors (Lipinski definition) is 1. The predicted molar refractivity (Wildman–Crippen MR) is 54.8 cm³/mol. The number of ether oxygens (including phenoxy) is 1. The van der Waals surface area contributed by atoms with Gasteiger partial charge in [0.1, 0.15) is 5.75 Å². The highest BCUT2D eigenvalue weighted by Crippen LogP contribution is 2.24. The van der Waals surface area contributed by atoms with Gasteiger partial charge in [0.2, 0.25) is 0 Å². The van der Waals surface area contributed by atoms with Gasteiger partial charge in [-0.15, -0.1) is 0 Å². The normalized spacial score (nSPS) is 10.2. The van der Waals surface area contributed by atoms with Crippen LogP contribution in [0.4, 0.5) is 0 Å². The molecular weight excluding hydrogens is 160 g/mol. The van der Waals surface area contributed by atoms with Crippen LogP contribution >= 0.6 is 0 Å². The van der Waals surface area contributed by atoms with Crippen molar-refractivity contribution in [1.82, 2.24) is 0 Å². The lowest BCUT2D eigenvalue weighted by Gasteiger charge is -2.06. The molecule has 0 bridgehead atoms. The van der Waals surface area contributed by atoms with Crippen LogP contribution in [-0.4, -0.2) is 6.61 Å². The zero-order chi connectivity index (χ0) is 9.10. The van der Waals surface area contributed by atoms with Crippen molar-refractivity contribution in [3.63, 3.8) is 0 Å². The van der Waals surface area contributed by atoms with Crippen LogP contribution in [0.3, 0.4) is 0 Å².